The smallest absolute Gasteiger partial charge is 0.321 e. The molecule has 94 valence electrons. The number of hydrogen-bond acceptors (Lipinski definition) is 6. The second-order valence-corrected chi connectivity index (χ2v) is 3.89. The maximum absolute atomic E-state index is 5.61. The fraction of sp³-hybridized carbons (Fsp3) is 0.0769. The third-order valence-electron chi connectivity index (χ3n) is 2.64. The number of methoxy groups -OCH3 is 1. The number of nitrogens with two attached hydrogens (primary N) is 1. The molecule has 0 aliphatic rings. The number of hydrogen-bond donors (Lipinski definition) is 1. The number of rotatable bonds is 2. The van der Waals surface area contributed by atoms with Gasteiger partial charge in [0.25, 0.3) is 0 Å². The molecule has 6 heteroatoms. The Kier molecular flexibility index (Phi) is 2.68. The monoisotopic (exact) mass is 253 g/mol. The summed E-state index contributed by atoms with van der Waals surface area (Å²) in [6, 6.07) is 11.8. The molecule has 3 aromatic rings. The Morgan fingerprint density at radius 3 is 2.63 bits per heavy atom. The van der Waals surface area contributed by atoms with Gasteiger partial charge in [0.15, 0.2) is 5.82 Å². The van der Waals surface area contributed by atoms with E-state index in [4.69, 9.17) is 10.5 Å². The van der Waals surface area contributed by atoms with Crippen molar-refractivity contribution in [2.45, 2.75) is 0 Å². The molecule has 0 atom stereocenters. The lowest BCUT2D eigenvalue weighted by atomic mass is 10.2. The zero-order valence-corrected chi connectivity index (χ0v) is 10.2. The van der Waals surface area contributed by atoms with Gasteiger partial charge in [-0.15, -0.1) is 0 Å². The summed E-state index contributed by atoms with van der Waals surface area (Å²) in [6.45, 7) is 0. The number of benzene rings is 1. The summed E-state index contributed by atoms with van der Waals surface area (Å²) >= 11 is 0. The van der Waals surface area contributed by atoms with Crippen LogP contribution in [-0.2, 0) is 0 Å². The highest BCUT2D eigenvalue weighted by Crippen LogP contribution is 2.19. The first-order valence-corrected chi connectivity index (χ1v) is 5.68. The molecular weight excluding hydrogens is 242 g/mol. The lowest BCUT2D eigenvalue weighted by molar-refractivity contribution is 0.379. The molecule has 2 N–H and O–H groups in total. The van der Waals surface area contributed by atoms with Crippen molar-refractivity contribution in [2.75, 3.05) is 12.8 Å². The molecule has 0 saturated carbocycles. The number of para-hydroxylation sites is 1. The second kappa shape index (κ2) is 4.49. The predicted molar refractivity (Wildman–Crippen MR) is 71.5 cm³/mol. The normalized spacial score (nSPS) is 10.6. The van der Waals surface area contributed by atoms with Crippen molar-refractivity contribution in [3.05, 3.63) is 36.4 Å². The Morgan fingerprint density at radius 2 is 1.79 bits per heavy atom. The minimum Gasteiger partial charge on any atom is -0.467 e. The molecule has 6 nitrogen and oxygen atoms in total. The Morgan fingerprint density at radius 1 is 0.947 bits per heavy atom. The van der Waals surface area contributed by atoms with Crippen LogP contribution in [-0.4, -0.2) is 27.0 Å². The summed E-state index contributed by atoms with van der Waals surface area (Å²) in [5.41, 5.74) is 7.12. The van der Waals surface area contributed by atoms with Crippen molar-refractivity contribution in [3.63, 3.8) is 0 Å². The number of aromatic nitrogens is 4. The lowest BCUT2D eigenvalue weighted by Crippen LogP contribution is -2.03. The Bertz CT molecular complexity index is 744. The van der Waals surface area contributed by atoms with Gasteiger partial charge in [0.2, 0.25) is 5.95 Å². The van der Waals surface area contributed by atoms with Crippen LogP contribution in [0.15, 0.2) is 36.4 Å². The Hall–Kier alpha value is -2.76. The molecule has 3 rings (SSSR count). The largest absolute Gasteiger partial charge is 0.467 e. The molecule has 0 bridgehead atoms. The van der Waals surface area contributed by atoms with Crippen molar-refractivity contribution in [1.82, 2.24) is 19.9 Å². The molecule has 1 aromatic carbocycles. The van der Waals surface area contributed by atoms with Crippen molar-refractivity contribution in [1.29, 1.82) is 0 Å². The molecule has 0 spiro atoms. The van der Waals surface area contributed by atoms with E-state index in [0.717, 1.165) is 10.9 Å². The van der Waals surface area contributed by atoms with Crippen LogP contribution in [0.25, 0.3) is 22.4 Å². The van der Waals surface area contributed by atoms with Crippen LogP contribution in [0.4, 0.5) is 5.95 Å². The van der Waals surface area contributed by atoms with E-state index in [1.54, 1.807) is 0 Å². The van der Waals surface area contributed by atoms with E-state index >= 15 is 0 Å². The molecule has 0 unspecified atom stereocenters. The highest BCUT2D eigenvalue weighted by Gasteiger charge is 2.08. The fourth-order valence-corrected chi connectivity index (χ4v) is 1.77. The number of anilines is 1. The standard InChI is InChI=1S/C13H11N5O/c1-19-13-17-11(16-12(14)18-13)10-7-6-8-4-2-3-5-9(8)15-10/h2-7H,1H3,(H2,14,16,17,18). The number of fused-ring (bicyclic) bond motifs is 1. The molecule has 19 heavy (non-hydrogen) atoms. The Balaban J connectivity index is 2.15. The number of nitrogen functional groups attached to an aromatic ring is 1. The van der Waals surface area contributed by atoms with Crippen molar-refractivity contribution >= 4 is 16.9 Å². The van der Waals surface area contributed by atoms with E-state index in [1.165, 1.54) is 7.11 Å². The third-order valence-corrected chi connectivity index (χ3v) is 2.64. The zero-order valence-electron chi connectivity index (χ0n) is 10.2. The second-order valence-electron chi connectivity index (χ2n) is 3.89. The van der Waals surface area contributed by atoms with Crippen molar-refractivity contribution in [2.24, 2.45) is 0 Å². The molecule has 0 aliphatic carbocycles. The van der Waals surface area contributed by atoms with E-state index in [0.29, 0.717) is 11.5 Å². The van der Waals surface area contributed by atoms with Crippen LogP contribution >= 0.6 is 0 Å². The van der Waals surface area contributed by atoms with Gasteiger partial charge < -0.3 is 10.5 Å². The van der Waals surface area contributed by atoms with E-state index in [1.807, 2.05) is 36.4 Å². The maximum Gasteiger partial charge on any atom is 0.321 e. The first kappa shape index (κ1) is 11.3. The fourth-order valence-electron chi connectivity index (χ4n) is 1.77. The SMILES string of the molecule is COc1nc(N)nc(-c2ccc3ccccc3n2)n1. The predicted octanol–water partition coefficient (Wildman–Crippen LogP) is 1.68. The molecule has 0 fully saturated rings. The van der Waals surface area contributed by atoms with E-state index < -0.39 is 0 Å². The Labute approximate surface area is 109 Å². The number of nitrogens with zero attached hydrogens (tertiary/aromatic N) is 4. The average molecular weight is 253 g/mol. The lowest BCUT2D eigenvalue weighted by Gasteiger charge is -2.04. The van der Waals surface area contributed by atoms with Gasteiger partial charge in [-0.3, -0.25) is 0 Å². The summed E-state index contributed by atoms with van der Waals surface area (Å²) in [7, 11) is 1.48. The van der Waals surface area contributed by atoms with Gasteiger partial charge in [-0.25, -0.2) is 4.98 Å². The van der Waals surface area contributed by atoms with E-state index in [9.17, 15) is 0 Å². The van der Waals surface area contributed by atoms with Gasteiger partial charge in [0.1, 0.15) is 5.69 Å². The summed E-state index contributed by atoms with van der Waals surface area (Å²) in [5.74, 6) is 0.506. The number of pyridine rings is 1. The summed E-state index contributed by atoms with van der Waals surface area (Å²) in [6.07, 6.45) is 0. The number of ether oxygens (including phenoxy) is 1. The first-order valence-electron chi connectivity index (χ1n) is 5.68. The van der Waals surface area contributed by atoms with Crippen molar-refractivity contribution in [3.8, 4) is 17.5 Å². The van der Waals surface area contributed by atoms with Crippen LogP contribution in [0, 0.1) is 0 Å². The van der Waals surface area contributed by atoms with Gasteiger partial charge in [-0.2, -0.15) is 15.0 Å². The molecule has 0 aliphatic heterocycles. The highest BCUT2D eigenvalue weighted by molar-refractivity contribution is 5.80. The minimum atomic E-state index is 0.108. The van der Waals surface area contributed by atoms with Gasteiger partial charge in [0.05, 0.1) is 12.6 Å². The molecule has 0 amide bonds. The van der Waals surface area contributed by atoms with E-state index in [-0.39, 0.29) is 12.0 Å². The summed E-state index contributed by atoms with van der Waals surface area (Å²) in [5, 5.41) is 1.06. The average Bonchev–Trinajstić information content (AvgIpc) is 2.46. The molecule has 0 saturated heterocycles. The van der Waals surface area contributed by atoms with Crippen molar-refractivity contribution < 1.29 is 4.74 Å². The quantitative estimate of drug-likeness (QED) is 0.747. The minimum absolute atomic E-state index is 0.108. The van der Waals surface area contributed by atoms with Gasteiger partial charge >= 0.3 is 6.01 Å². The summed E-state index contributed by atoms with van der Waals surface area (Å²) in [4.78, 5) is 16.6. The van der Waals surface area contributed by atoms with Gasteiger partial charge in [0, 0.05) is 5.39 Å². The van der Waals surface area contributed by atoms with Gasteiger partial charge in [-0.05, 0) is 12.1 Å². The molecule has 2 heterocycles. The molecule has 0 radical (unpaired) electrons. The van der Waals surface area contributed by atoms with Gasteiger partial charge in [-0.1, -0.05) is 24.3 Å². The highest BCUT2D eigenvalue weighted by atomic mass is 16.5. The van der Waals surface area contributed by atoms with Crippen LogP contribution in [0.1, 0.15) is 0 Å². The maximum atomic E-state index is 5.61. The molecular formula is C13H11N5O. The van der Waals surface area contributed by atoms with E-state index in [2.05, 4.69) is 19.9 Å². The topological polar surface area (TPSA) is 86.8 Å². The first-order chi connectivity index (χ1) is 9.26. The third kappa shape index (κ3) is 2.15. The zero-order chi connectivity index (χ0) is 13.2. The summed E-state index contributed by atoms with van der Waals surface area (Å²) < 4.78 is 4.97. The van der Waals surface area contributed by atoms with Crippen LogP contribution in [0.3, 0.4) is 0 Å². The molecule has 2 aromatic heterocycles. The van der Waals surface area contributed by atoms with Crippen LogP contribution in [0.5, 0.6) is 6.01 Å². The van der Waals surface area contributed by atoms with Crippen LogP contribution in [0.2, 0.25) is 0 Å². The van der Waals surface area contributed by atoms with Crippen LogP contribution < -0.4 is 10.5 Å².